The smallest absolute Gasteiger partial charge is 0.0496 e. The van der Waals surface area contributed by atoms with E-state index in [4.69, 9.17) is 0 Å². The summed E-state index contributed by atoms with van der Waals surface area (Å²) in [6.45, 7) is 18.4. The first-order valence-electron chi connectivity index (χ1n) is 13.8. The predicted molar refractivity (Wildman–Crippen MR) is 131 cm³/mol. The summed E-state index contributed by atoms with van der Waals surface area (Å²) < 4.78 is 0. The Morgan fingerprint density at radius 1 is 0.903 bits per heavy atom. The minimum absolute atomic E-state index is 0.146. The number of aliphatic hydroxyl groups excluding tert-OH is 1. The highest BCUT2D eigenvalue weighted by Gasteiger charge is 2.68. The van der Waals surface area contributed by atoms with Gasteiger partial charge in [0, 0.05) is 12.0 Å². The molecule has 5 aliphatic rings. The maximum Gasteiger partial charge on any atom is 0.0496 e. The molecule has 0 bridgehead atoms. The molecule has 0 aromatic carbocycles. The summed E-state index contributed by atoms with van der Waals surface area (Å²) in [4.78, 5) is 0. The zero-order chi connectivity index (χ0) is 22.4. The molecule has 0 aromatic heterocycles. The van der Waals surface area contributed by atoms with Crippen molar-refractivity contribution < 1.29 is 5.11 Å². The first-order chi connectivity index (χ1) is 14.5. The van der Waals surface area contributed by atoms with Gasteiger partial charge in [0.15, 0.2) is 0 Å². The highest BCUT2D eigenvalue weighted by molar-refractivity contribution is 5.34. The van der Waals surface area contributed by atoms with E-state index in [0.717, 1.165) is 17.8 Å². The van der Waals surface area contributed by atoms with Crippen molar-refractivity contribution in [3.8, 4) is 0 Å². The van der Waals surface area contributed by atoms with Gasteiger partial charge >= 0.3 is 0 Å². The Bertz CT molecular complexity index is 762. The Balaban J connectivity index is 1.57. The predicted octanol–water partition coefficient (Wildman–Crippen LogP) is 8.03. The van der Waals surface area contributed by atoms with Crippen molar-refractivity contribution in [1.82, 2.24) is 0 Å². The second-order valence-electron chi connectivity index (χ2n) is 14.5. The van der Waals surface area contributed by atoms with Crippen LogP contribution in [-0.4, -0.2) is 11.7 Å². The van der Waals surface area contributed by atoms with E-state index in [0.29, 0.717) is 40.1 Å². The van der Waals surface area contributed by atoms with Crippen molar-refractivity contribution in [2.45, 2.75) is 113 Å². The summed E-state index contributed by atoms with van der Waals surface area (Å²) in [6.07, 6.45) is 16.2. The zero-order valence-corrected chi connectivity index (χ0v) is 21.7. The quantitative estimate of drug-likeness (QED) is 0.443. The van der Waals surface area contributed by atoms with Crippen LogP contribution < -0.4 is 0 Å². The lowest BCUT2D eigenvalue weighted by molar-refractivity contribution is -0.156. The Hall–Kier alpha value is -0.300. The van der Waals surface area contributed by atoms with Gasteiger partial charge in [0.25, 0.3) is 0 Å². The van der Waals surface area contributed by atoms with Crippen molar-refractivity contribution in [3.63, 3.8) is 0 Å². The fourth-order valence-corrected chi connectivity index (χ4v) is 11.3. The molecule has 31 heavy (non-hydrogen) atoms. The third kappa shape index (κ3) is 2.65. The van der Waals surface area contributed by atoms with Gasteiger partial charge in [0.2, 0.25) is 0 Å². The Morgan fingerprint density at radius 3 is 2.32 bits per heavy atom. The molecule has 0 saturated heterocycles. The molecule has 1 unspecified atom stereocenters. The largest absolute Gasteiger partial charge is 0.396 e. The van der Waals surface area contributed by atoms with Gasteiger partial charge in [-0.25, -0.2) is 0 Å². The number of hydrogen-bond acceptors (Lipinski definition) is 1. The van der Waals surface area contributed by atoms with Gasteiger partial charge in [0.1, 0.15) is 0 Å². The molecule has 8 atom stereocenters. The molecule has 0 heterocycles. The zero-order valence-electron chi connectivity index (χ0n) is 21.7. The molecule has 0 aliphatic heterocycles. The van der Waals surface area contributed by atoms with Crippen molar-refractivity contribution in [2.24, 2.45) is 56.7 Å². The van der Waals surface area contributed by atoms with Crippen molar-refractivity contribution in [2.75, 3.05) is 6.61 Å². The molecule has 1 N–H and O–H groups in total. The Kier molecular flexibility index (Phi) is 4.98. The van der Waals surface area contributed by atoms with E-state index < -0.39 is 0 Å². The van der Waals surface area contributed by atoms with Crippen molar-refractivity contribution in [1.29, 1.82) is 0 Å². The van der Waals surface area contributed by atoms with E-state index in [1.807, 2.05) is 0 Å². The lowest BCUT2D eigenvalue weighted by Crippen LogP contribution is -2.62. The minimum atomic E-state index is 0.146. The summed E-state index contributed by atoms with van der Waals surface area (Å²) in [5.74, 6) is 3.88. The topological polar surface area (TPSA) is 20.2 Å². The molecule has 5 aliphatic carbocycles. The number of fused-ring (bicyclic) bond motifs is 7. The van der Waals surface area contributed by atoms with Crippen LogP contribution >= 0.6 is 0 Å². The van der Waals surface area contributed by atoms with Gasteiger partial charge in [-0.2, -0.15) is 0 Å². The second kappa shape index (κ2) is 6.86. The third-order valence-electron chi connectivity index (χ3n) is 13.0. The van der Waals surface area contributed by atoms with Crippen LogP contribution in [0.5, 0.6) is 0 Å². The van der Waals surface area contributed by atoms with Crippen LogP contribution in [0.25, 0.3) is 0 Å². The highest BCUT2D eigenvalue weighted by Crippen LogP contribution is 2.76. The summed E-state index contributed by atoms with van der Waals surface area (Å²) in [7, 11) is 0. The molecule has 0 aromatic rings. The highest BCUT2D eigenvalue weighted by atomic mass is 16.3. The number of rotatable bonds is 2. The average Bonchev–Trinajstić information content (AvgIpc) is 3.07. The number of hydrogen-bond donors (Lipinski definition) is 1. The molecular formula is C30H50O. The van der Waals surface area contributed by atoms with Gasteiger partial charge in [-0.3, -0.25) is 0 Å². The summed E-state index contributed by atoms with van der Waals surface area (Å²) in [6, 6.07) is 0. The van der Waals surface area contributed by atoms with E-state index >= 15 is 0 Å². The van der Waals surface area contributed by atoms with E-state index in [1.165, 1.54) is 64.2 Å². The molecule has 4 fully saturated rings. The molecule has 1 nitrogen and oxygen atoms in total. The maximum absolute atomic E-state index is 11.0. The maximum atomic E-state index is 11.0. The summed E-state index contributed by atoms with van der Waals surface area (Å²) in [5, 5.41) is 11.0. The van der Waals surface area contributed by atoms with Crippen LogP contribution in [0.1, 0.15) is 113 Å². The minimum Gasteiger partial charge on any atom is -0.396 e. The number of allylic oxidation sites excluding steroid dienone is 2. The molecule has 4 saturated carbocycles. The van der Waals surface area contributed by atoms with Crippen LogP contribution in [0.2, 0.25) is 0 Å². The SMILES string of the molecule is CC(C)[C@H]1CC[C@@H]2[C@]1(C)CC[C@]1(C)C3=CCC4C(C)(C)CCC[C@]4(CO)[C@H]3CC[C@@]21C. The molecular weight excluding hydrogens is 376 g/mol. The summed E-state index contributed by atoms with van der Waals surface area (Å²) >= 11 is 0. The van der Waals surface area contributed by atoms with Crippen LogP contribution in [0.15, 0.2) is 11.6 Å². The lowest BCUT2D eigenvalue weighted by Gasteiger charge is -2.69. The molecule has 0 radical (unpaired) electrons. The standard InChI is InChI=1S/C30H50O/c1-20(2)21-9-12-25-27(21,5)17-18-28(6)22-10-11-24-26(3,4)14-8-15-30(24,19-31)23(22)13-16-29(25,28)7/h10,20-21,23-25,31H,8-9,11-19H2,1-7H3/t21-,23+,24?,25-,27-,28-,29+,30+/m1/s1. The van der Waals surface area contributed by atoms with E-state index in [1.54, 1.807) is 5.57 Å². The first kappa shape index (κ1) is 22.5. The normalized spacial score (nSPS) is 53.3. The van der Waals surface area contributed by atoms with Gasteiger partial charge in [-0.15, -0.1) is 0 Å². The van der Waals surface area contributed by atoms with Gasteiger partial charge in [0.05, 0.1) is 0 Å². The lowest BCUT2D eigenvalue weighted by atomic mass is 9.35. The Labute approximate surface area is 192 Å². The molecule has 5 rings (SSSR count). The molecule has 176 valence electrons. The van der Waals surface area contributed by atoms with Crippen LogP contribution in [0.4, 0.5) is 0 Å². The third-order valence-corrected chi connectivity index (χ3v) is 13.0. The molecule has 1 heteroatoms. The van der Waals surface area contributed by atoms with E-state index in [-0.39, 0.29) is 5.41 Å². The van der Waals surface area contributed by atoms with Crippen molar-refractivity contribution in [3.05, 3.63) is 11.6 Å². The van der Waals surface area contributed by atoms with Crippen molar-refractivity contribution >= 4 is 0 Å². The van der Waals surface area contributed by atoms with Crippen LogP contribution in [0.3, 0.4) is 0 Å². The monoisotopic (exact) mass is 426 g/mol. The number of aliphatic hydroxyl groups is 1. The molecule has 0 spiro atoms. The van der Waals surface area contributed by atoms with Gasteiger partial charge in [-0.1, -0.05) is 66.5 Å². The van der Waals surface area contributed by atoms with E-state index in [2.05, 4.69) is 54.5 Å². The van der Waals surface area contributed by atoms with E-state index in [9.17, 15) is 5.11 Å². The average molecular weight is 427 g/mol. The van der Waals surface area contributed by atoms with Crippen LogP contribution in [0, 0.1) is 56.7 Å². The Morgan fingerprint density at radius 2 is 1.65 bits per heavy atom. The van der Waals surface area contributed by atoms with Crippen LogP contribution in [-0.2, 0) is 0 Å². The first-order valence-corrected chi connectivity index (χ1v) is 13.8. The second-order valence-corrected chi connectivity index (χ2v) is 14.5. The van der Waals surface area contributed by atoms with Gasteiger partial charge in [-0.05, 0) is 109 Å². The fraction of sp³-hybridized carbons (Fsp3) is 0.933. The fourth-order valence-electron chi connectivity index (χ4n) is 11.3. The van der Waals surface area contributed by atoms with Gasteiger partial charge < -0.3 is 5.11 Å². The molecule has 0 amide bonds. The summed E-state index contributed by atoms with van der Waals surface area (Å²) in [5.41, 5.74) is 3.62.